The molecule has 2 unspecified atom stereocenters. The molecule has 0 aromatic rings. The zero-order chi connectivity index (χ0) is 11.4. The molecule has 2 atom stereocenters. The molecular weight excluding hydrogens is 206 g/mol. The lowest BCUT2D eigenvalue weighted by atomic mass is 10.2. The lowest BCUT2D eigenvalue weighted by Gasteiger charge is -2.35. The minimum Gasteiger partial charge on any atom is -0.373 e. The van der Waals surface area contributed by atoms with Gasteiger partial charge in [-0.25, -0.2) is 5.84 Å². The number of aliphatic imine (C=N–C) groups is 1. The highest BCUT2D eigenvalue weighted by molar-refractivity contribution is 5.78. The standard InChI is InChI=1S/C10H21N5O/c1-12-10(14-11)13-5-9-6-15-4-2-3-8(15)7-16-9/h8-9H,2-7,11H2,1H3,(H2,12,13,14). The number of guanidine groups is 1. The molecule has 92 valence electrons. The number of fused-ring (bicyclic) bond motifs is 1. The third-order valence-corrected chi connectivity index (χ3v) is 3.32. The lowest BCUT2D eigenvalue weighted by molar-refractivity contribution is -0.0453. The molecule has 0 spiro atoms. The minimum absolute atomic E-state index is 0.236. The summed E-state index contributed by atoms with van der Waals surface area (Å²) in [7, 11) is 1.69. The number of ether oxygens (including phenoxy) is 1. The molecule has 0 saturated carbocycles. The summed E-state index contributed by atoms with van der Waals surface area (Å²) in [5.41, 5.74) is 2.51. The van der Waals surface area contributed by atoms with Crippen molar-refractivity contribution in [3.05, 3.63) is 0 Å². The highest BCUT2D eigenvalue weighted by Crippen LogP contribution is 2.22. The van der Waals surface area contributed by atoms with E-state index >= 15 is 0 Å². The van der Waals surface area contributed by atoms with Crippen molar-refractivity contribution in [2.45, 2.75) is 25.0 Å². The van der Waals surface area contributed by atoms with Crippen LogP contribution in [-0.4, -0.2) is 56.3 Å². The molecule has 2 saturated heterocycles. The van der Waals surface area contributed by atoms with Gasteiger partial charge in [0.15, 0.2) is 0 Å². The van der Waals surface area contributed by atoms with Crippen molar-refractivity contribution in [2.24, 2.45) is 10.8 Å². The van der Waals surface area contributed by atoms with E-state index in [2.05, 4.69) is 20.6 Å². The van der Waals surface area contributed by atoms with Gasteiger partial charge in [-0.05, 0) is 19.4 Å². The van der Waals surface area contributed by atoms with E-state index in [0.717, 1.165) is 19.7 Å². The molecule has 2 aliphatic rings. The normalized spacial score (nSPS) is 31.2. The number of morpholine rings is 1. The number of rotatable bonds is 2. The maximum Gasteiger partial charge on any atom is 0.205 e. The van der Waals surface area contributed by atoms with Crippen LogP contribution in [0.1, 0.15) is 12.8 Å². The first-order valence-corrected chi connectivity index (χ1v) is 5.86. The van der Waals surface area contributed by atoms with E-state index in [1.165, 1.54) is 19.4 Å². The summed E-state index contributed by atoms with van der Waals surface area (Å²) in [6.45, 7) is 3.84. The maximum atomic E-state index is 5.80. The monoisotopic (exact) mass is 227 g/mol. The number of nitrogens with two attached hydrogens (primary N) is 1. The first-order chi connectivity index (χ1) is 7.83. The SMILES string of the molecule is CN=C(NN)NCC1CN2CCCC2CO1. The van der Waals surface area contributed by atoms with Gasteiger partial charge in [0.2, 0.25) is 5.96 Å². The lowest BCUT2D eigenvalue weighted by Crippen LogP contribution is -2.52. The van der Waals surface area contributed by atoms with E-state index < -0.39 is 0 Å². The van der Waals surface area contributed by atoms with Crippen LogP contribution < -0.4 is 16.6 Å². The summed E-state index contributed by atoms with van der Waals surface area (Å²) in [5.74, 6) is 5.89. The van der Waals surface area contributed by atoms with Crippen LogP contribution in [-0.2, 0) is 4.74 Å². The third-order valence-electron chi connectivity index (χ3n) is 3.32. The van der Waals surface area contributed by atoms with Gasteiger partial charge in [0.1, 0.15) is 0 Å². The van der Waals surface area contributed by atoms with Gasteiger partial charge in [-0.15, -0.1) is 0 Å². The zero-order valence-electron chi connectivity index (χ0n) is 9.78. The van der Waals surface area contributed by atoms with Gasteiger partial charge >= 0.3 is 0 Å². The fraction of sp³-hybridized carbons (Fsp3) is 0.900. The molecule has 0 amide bonds. The molecule has 0 aliphatic carbocycles. The van der Waals surface area contributed by atoms with Gasteiger partial charge in [0.25, 0.3) is 0 Å². The van der Waals surface area contributed by atoms with Crippen molar-refractivity contribution in [3.63, 3.8) is 0 Å². The molecule has 2 heterocycles. The largest absolute Gasteiger partial charge is 0.373 e. The van der Waals surface area contributed by atoms with E-state index in [1.54, 1.807) is 7.05 Å². The van der Waals surface area contributed by atoms with Crippen LogP contribution in [0.5, 0.6) is 0 Å². The molecule has 0 aromatic heterocycles. The van der Waals surface area contributed by atoms with Crippen LogP contribution in [0.4, 0.5) is 0 Å². The highest BCUT2D eigenvalue weighted by Gasteiger charge is 2.31. The number of nitrogens with zero attached hydrogens (tertiary/aromatic N) is 2. The fourth-order valence-corrected chi connectivity index (χ4v) is 2.41. The summed E-state index contributed by atoms with van der Waals surface area (Å²) in [5, 5.41) is 3.13. The zero-order valence-corrected chi connectivity index (χ0v) is 9.78. The predicted molar refractivity (Wildman–Crippen MR) is 63.0 cm³/mol. The molecule has 0 bridgehead atoms. The summed E-state index contributed by atoms with van der Waals surface area (Å²) in [4.78, 5) is 6.48. The Labute approximate surface area is 96.2 Å². The van der Waals surface area contributed by atoms with Crippen LogP contribution in [0.2, 0.25) is 0 Å². The van der Waals surface area contributed by atoms with Crippen molar-refractivity contribution in [1.29, 1.82) is 0 Å². The average molecular weight is 227 g/mol. The molecule has 0 radical (unpaired) electrons. The van der Waals surface area contributed by atoms with Gasteiger partial charge in [0.05, 0.1) is 12.7 Å². The van der Waals surface area contributed by atoms with Gasteiger partial charge in [-0.2, -0.15) is 0 Å². The molecule has 2 fully saturated rings. The van der Waals surface area contributed by atoms with Gasteiger partial charge in [-0.1, -0.05) is 0 Å². The first kappa shape index (κ1) is 11.6. The second-order valence-electron chi connectivity index (χ2n) is 4.34. The summed E-state index contributed by atoms with van der Waals surface area (Å²) in [6.07, 6.45) is 2.83. The number of hydrazine groups is 1. The van der Waals surface area contributed by atoms with Crippen molar-refractivity contribution in [3.8, 4) is 0 Å². The predicted octanol–water partition coefficient (Wildman–Crippen LogP) is -1.11. The molecule has 2 aliphatic heterocycles. The Morgan fingerprint density at radius 2 is 2.50 bits per heavy atom. The maximum absolute atomic E-state index is 5.80. The summed E-state index contributed by atoms with van der Waals surface area (Å²) in [6, 6.07) is 0.656. The highest BCUT2D eigenvalue weighted by atomic mass is 16.5. The minimum atomic E-state index is 0.236. The Hall–Kier alpha value is -0.850. The molecule has 2 rings (SSSR count). The van der Waals surface area contributed by atoms with E-state index in [1.807, 2.05) is 0 Å². The summed E-state index contributed by atoms with van der Waals surface area (Å²) < 4.78 is 5.80. The smallest absolute Gasteiger partial charge is 0.205 e. The summed E-state index contributed by atoms with van der Waals surface area (Å²) >= 11 is 0. The van der Waals surface area contributed by atoms with E-state index in [4.69, 9.17) is 10.6 Å². The van der Waals surface area contributed by atoms with Crippen LogP contribution in [0, 0.1) is 0 Å². The molecule has 4 N–H and O–H groups in total. The number of nitrogens with one attached hydrogen (secondary N) is 2. The van der Waals surface area contributed by atoms with Crippen LogP contribution in [0.25, 0.3) is 0 Å². The third kappa shape index (κ3) is 2.63. The van der Waals surface area contributed by atoms with E-state index in [-0.39, 0.29) is 6.10 Å². The Kier molecular flexibility index (Phi) is 3.98. The van der Waals surface area contributed by atoms with Crippen LogP contribution in [0.3, 0.4) is 0 Å². The topological polar surface area (TPSA) is 74.9 Å². The second kappa shape index (κ2) is 5.47. The fourth-order valence-electron chi connectivity index (χ4n) is 2.41. The van der Waals surface area contributed by atoms with Crippen LogP contribution in [0.15, 0.2) is 4.99 Å². The number of hydrogen-bond acceptors (Lipinski definition) is 4. The van der Waals surface area contributed by atoms with Crippen molar-refractivity contribution >= 4 is 5.96 Å². The second-order valence-corrected chi connectivity index (χ2v) is 4.34. The van der Waals surface area contributed by atoms with Crippen molar-refractivity contribution < 1.29 is 4.74 Å². The van der Waals surface area contributed by atoms with Crippen molar-refractivity contribution in [2.75, 3.05) is 33.3 Å². The van der Waals surface area contributed by atoms with Gasteiger partial charge in [0, 0.05) is 26.2 Å². The Bertz CT molecular complexity index is 258. The Morgan fingerprint density at radius 1 is 1.62 bits per heavy atom. The van der Waals surface area contributed by atoms with E-state index in [9.17, 15) is 0 Å². The molecule has 16 heavy (non-hydrogen) atoms. The molecular formula is C10H21N5O. The Morgan fingerprint density at radius 3 is 3.25 bits per heavy atom. The molecule has 6 nitrogen and oxygen atoms in total. The van der Waals surface area contributed by atoms with E-state index in [0.29, 0.717) is 12.0 Å². The first-order valence-electron chi connectivity index (χ1n) is 5.86. The molecule has 6 heteroatoms. The van der Waals surface area contributed by atoms with Crippen LogP contribution >= 0.6 is 0 Å². The van der Waals surface area contributed by atoms with Gasteiger partial charge < -0.3 is 10.1 Å². The number of hydrogen-bond donors (Lipinski definition) is 3. The average Bonchev–Trinajstić information content (AvgIpc) is 2.77. The molecule has 0 aromatic carbocycles. The Balaban J connectivity index is 1.75. The van der Waals surface area contributed by atoms with Crippen molar-refractivity contribution in [1.82, 2.24) is 15.6 Å². The quantitative estimate of drug-likeness (QED) is 0.241. The van der Waals surface area contributed by atoms with Gasteiger partial charge in [-0.3, -0.25) is 15.3 Å².